The van der Waals surface area contributed by atoms with Crippen LogP contribution in [0.15, 0.2) is 42.6 Å². The minimum Gasteiger partial charge on any atom is -0.497 e. The summed E-state index contributed by atoms with van der Waals surface area (Å²) in [6.07, 6.45) is 1.74. The minimum absolute atomic E-state index is 0.356. The van der Waals surface area contributed by atoms with Crippen molar-refractivity contribution in [1.82, 2.24) is 4.98 Å². The summed E-state index contributed by atoms with van der Waals surface area (Å²) in [5.74, 6) is 1.63. The fourth-order valence-corrected chi connectivity index (χ4v) is 2.13. The largest absolute Gasteiger partial charge is 0.497 e. The molecule has 2 N–H and O–H groups in total. The maximum Gasteiger partial charge on any atom is 0.138 e. The molecule has 20 heavy (non-hydrogen) atoms. The second kappa shape index (κ2) is 6.34. The first-order valence-corrected chi connectivity index (χ1v) is 6.61. The van der Waals surface area contributed by atoms with Crippen LogP contribution in [0.2, 0.25) is 0 Å². The van der Waals surface area contributed by atoms with E-state index in [2.05, 4.69) is 4.98 Å². The van der Waals surface area contributed by atoms with Gasteiger partial charge in [0, 0.05) is 19.8 Å². The van der Waals surface area contributed by atoms with Gasteiger partial charge in [0.2, 0.25) is 0 Å². The molecule has 0 atom stereocenters. The Morgan fingerprint density at radius 2 is 2.00 bits per heavy atom. The first-order chi connectivity index (χ1) is 9.61. The van der Waals surface area contributed by atoms with Gasteiger partial charge >= 0.3 is 0 Å². The minimum atomic E-state index is 0.356. The van der Waals surface area contributed by atoms with Crippen LogP contribution < -0.4 is 15.4 Å². The number of ether oxygens (including phenoxy) is 1. The van der Waals surface area contributed by atoms with Crippen molar-refractivity contribution < 1.29 is 4.74 Å². The van der Waals surface area contributed by atoms with Crippen LogP contribution >= 0.6 is 12.2 Å². The molecule has 0 fully saturated rings. The van der Waals surface area contributed by atoms with E-state index in [9.17, 15) is 0 Å². The molecular weight excluding hydrogens is 270 g/mol. The highest BCUT2D eigenvalue weighted by molar-refractivity contribution is 7.80. The van der Waals surface area contributed by atoms with E-state index < -0.39 is 0 Å². The number of nitrogens with zero attached hydrogens (tertiary/aromatic N) is 2. The van der Waals surface area contributed by atoms with Crippen molar-refractivity contribution in [1.29, 1.82) is 0 Å². The molecule has 104 valence electrons. The van der Waals surface area contributed by atoms with Crippen molar-refractivity contribution in [3.8, 4) is 5.75 Å². The van der Waals surface area contributed by atoms with Gasteiger partial charge < -0.3 is 15.4 Å². The standard InChI is InChI=1S/C15H17N3OS/c1-18(10-11-5-7-12(19-2)8-6-11)15-13(14(16)20)4-3-9-17-15/h3-9H,10H2,1-2H3,(H2,16,20). The van der Waals surface area contributed by atoms with E-state index in [0.29, 0.717) is 4.99 Å². The molecule has 0 spiro atoms. The van der Waals surface area contributed by atoms with Gasteiger partial charge in [-0.1, -0.05) is 24.4 Å². The third-order valence-corrected chi connectivity index (χ3v) is 3.21. The second-order valence-corrected chi connectivity index (χ2v) is 4.88. The number of anilines is 1. The zero-order valence-electron chi connectivity index (χ0n) is 11.5. The molecule has 0 amide bonds. The van der Waals surface area contributed by atoms with Crippen molar-refractivity contribution in [3.63, 3.8) is 0 Å². The number of pyridine rings is 1. The van der Waals surface area contributed by atoms with Crippen LogP contribution in [0, 0.1) is 0 Å². The lowest BCUT2D eigenvalue weighted by atomic mass is 10.2. The summed E-state index contributed by atoms with van der Waals surface area (Å²) in [6, 6.07) is 11.7. The molecule has 2 rings (SSSR count). The zero-order chi connectivity index (χ0) is 14.5. The Hall–Kier alpha value is -2.14. The van der Waals surface area contributed by atoms with Crippen LogP contribution in [-0.2, 0) is 6.54 Å². The maximum absolute atomic E-state index is 5.73. The summed E-state index contributed by atoms with van der Waals surface area (Å²) in [4.78, 5) is 6.74. The van der Waals surface area contributed by atoms with Crippen molar-refractivity contribution >= 4 is 23.0 Å². The van der Waals surface area contributed by atoms with E-state index in [1.807, 2.05) is 48.3 Å². The number of thiocarbonyl (C=S) groups is 1. The highest BCUT2D eigenvalue weighted by Crippen LogP contribution is 2.19. The maximum atomic E-state index is 5.73. The molecule has 0 saturated carbocycles. The van der Waals surface area contributed by atoms with Gasteiger partial charge in [-0.25, -0.2) is 4.98 Å². The van der Waals surface area contributed by atoms with Gasteiger partial charge in [0.05, 0.1) is 12.7 Å². The molecule has 0 saturated heterocycles. The van der Waals surface area contributed by atoms with Gasteiger partial charge in [0.1, 0.15) is 16.6 Å². The molecule has 0 unspecified atom stereocenters. The summed E-state index contributed by atoms with van der Waals surface area (Å²) in [5.41, 5.74) is 7.68. The fraction of sp³-hybridized carbons (Fsp3) is 0.200. The molecule has 0 aliphatic rings. The average Bonchev–Trinajstić information content (AvgIpc) is 2.48. The van der Waals surface area contributed by atoms with Gasteiger partial charge in [0.25, 0.3) is 0 Å². The normalized spacial score (nSPS) is 10.1. The Morgan fingerprint density at radius 1 is 1.30 bits per heavy atom. The topological polar surface area (TPSA) is 51.4 Å². The lowest BCUT2D eigenvalue weighted by molar-refractivity contribution is 0.414. The van der Waals surface area contributed by atoms with Gasteiger partial charge in [-0.2, -0.15) is 0 Å². The highest BCUT2D eigenvalue weighted by atomic mass is 32.1. The fourth-order valence-electron chi connectivity index (χ4n) is 1.97. The number of hydrogen-bond acceptors (Lipinski definition) is 4. The molecule has 1 aromatic heterocycles. The van der Waals surface area contributed by atoms with Crippen molar-refractivity contribution in [2.75, 3.05) is 19.1 Å². The number of hydrogen-bond donors (Lipinski definition) is 1. The lowest BCUT2D eigenvalue weighted by Crippen LogP contribution is -2.22. The molecule has 1 aromatic carbocycles. The number of rotatable bonds is 5. The molecule has 1 heterocycles. The highest BCUT2D eigenvalue weighted by Gasteiger charge is 2.11. The smallest absolute Gasteiger partial charge is 0.138 e. The molecule has 2 aromatic rings. The molecule has 0 radical (unpaired) electrons. The monoisotopic (exact) mass is 287 g/mol. The van der Waals surface area contributed by atoms with E-state index in [1.54, 1.807) is 13.3 Å². The number of benzene rings is 1. The molecule has 4 nitrogen and oxygen atoms in total. The summed E-state index contributed by atoms with van der Waals surface area (Å²) in [6.45, 7) is 0.719. The van der Waals surface area contributed by atoms with Crippen molar-refractivity contribution in [2.45, 2.75) is 6.54 Å². The quantitative estimate of drug-likeness (QED) is 0.856. The Bertz CT molecular complexity index is 598. The van der Waals surface area contributed by atoms with E-state index in [1.165, 1.54) is 0 Å². The van der Waals surface area contributed by atoms with Crippen molar-refractivity contribution in [2.24, 2.45) is 5.73 Å². The predicted molar refractivity (Wildman–Crippen MR) is 85.2 cm³/mol. The third kappa shape index (κ3) is 3.24. The van der Waals surface area contributed by atoms with Gasteiger partial charge in [0.15, 0.2) is 0 Å². The van der Waals surface area contributed by atoms with Gasteiger partial charge in [-0.05, 0) is 29.8 Å². The van der Waals surface area contributed by atoms with E-state index in [-0.39, 0.29) is 0 Å². The lowest BCUT2D eigenvalue weighted by Gasteiger charge is -2.20. The van der Waals surface area contributed by atoms with Gasteiger partial charge in [-0.15, -0.1) is 0 Å². The average molecular weight is 287 g/mol. The van der Waals surface area contributed by atoms with Crippen molar-refractivity contribution in [3.05, 3.63) is 53.7 Å². The number of methoxy groups -OCH3 is 1. The summed E-state index contributed by atoms with van der Waals surface area (Å²) in [7, 11) is 3.62. The number of aromatic nitrogens is 1. The second-order valence-electron chi connectivity index (χ2n) is 4.44. The molecular formula is C15H17N3OS. The molecule has 0 aliphatic carbocycles. The third-order valence-electron chi connectivity index (χ3n) is 2.99. The predicted octanol–water partition coefficient (Wildman–Crippen LogP) is 2.36. The Labute approximate surface area is 124 Å². The van der Waals surface area contributed by atoms with Gasteiger partial charge in [-0.3, -0.25) is 0 Å². The first kappa shape index (κ1) is 14.3. The Kier molecular flexibility index (Phi) is 4.53. The van der Waals surface area contributed by atoms with Crippen LogP contribution in [-0.4, -0.2) is 24.1 Å². The number of nitrogens with two attached hydrogens (primary N) is 1. The summed E-state index contributed by atoms with van der Waals surface area (Å²) >= 11 is 5.06. The zero-order valence-corrected chi connectivity index (χ0v) is 12.4. The van der Waals surface area contributed by atoms with E-state index in [4.69, 9.17) is 22.7 Å². The summed E-state index contributed by atoms with van der Waals surface area (Å²) < 4.78 is 5.15. The molecule has 5 heteroatoms. The van der Waals surface area contributed by atoms with Crippen LogP contribution in [0.25, 0.3) is 0 Å². The van der Waals surface area contributed by atoms with Crippen LogP contribution in [0.5, 0.6) is 5.75 Å². The molecule has 0 bridgehead atoms. The van der Waals surface area contributed by atoms with Crippen LogP contribution in [0.4, 0.5) is 5.82 Å². The SMILES string of the molecule is COc1ccc(CN(C)c2ncccc2C(N)=S)cc1. The first-order valence-electron chi connectivity index (χ1n) is 6.20. The molecule has 0 aliphatic heterocycles. The van der Waals surface area contributed by atoms with Crippen LogP contribution in [0.1, 0.15) is 11.1 Å². The van der Waals surface area contributed by atoms with Crippen LogP contribution in [0.3, 0.4) is 0 Å². The Morgan fingerprint density at radius 3 is 2.60 bits per heavy atom. The Balaban J connectivity index is 2.19. The van der Waals surface area contributed by atoms with E-state index >= 15 is 0 Å². The summed E-state index contributed by atoms with van der Waals surface area (Å²) in [5, 5.41) is 0. The van der Waals surface area contributed by atoms with E-state index in [0.717, 1.165) is 29.2 Å².